The second-order valence-corrected chi connectivity index (χ2v) is 4.60. The SMILES string of the molecule is O=C1CCCCCN1Cc1ccc(CO)cc1. The van der Waals surface area contributed by atoms with Gasteiger partial charge < -0.3 is 10.0 Å². The van der Waals surface area contributed by atoms with E-state index < -0.39 is 0 Å². The Morgan fingerprint density at radius 1 is 1.06 bits per heavy atom. The Kier molecular flexibility index (Phi) is 4.15. The lowest BCUT2D eigenvalue weighted by molar-refractivity contribution is -0.131. The highest BCUT2D eigenvalue weighted by Gasteiger charge is 2.16. The molecule has 2 rings (SSSR count). The average Bonchev–Trinajstić information content (AvgIpc) is 2.56. The predicted molar refractivity (Wildman–Crippen MR) is 66.2 cm³/mol. The van der Waals surface area contributed by atoms with Crippen molar-refractivity contribution in [2.24, 2.45) is 0 Å². The lowest BCUT2D eigenvalue weighted by atomic mass is 10.1. The molecule has 0 bridgehead atoms. The fourth-order valence-corrected chi connectivity index (χ4v) is 2.18. The lowest BCUT2D eigenvalue weighted by Gasteiger charge is -2.20. The summed E-state index contributed by atoms with van der Waals surface area (Å²) in [5.41, 5.74) is 2.05. The van der Waals surface area contributed by atoms with Crippen LogP contribution >= 0.6 is 0 Å². The number of aliphatic hydroxyl groups excluding tert-OH is 1. The van der Waals surface area contributed by atoms with Crippen LogP contribution in [0.1, 0.15) is 36.8 Å². The topological polar surface area (TPSA) is 40.5 Å². The maximum atomic E-state index is 11.8. The Hall–Kier alpha value is -1.35. The van der Waals surface area contributed by atoms with Crippen LogP contribution in [-0.2, 0) is 17.9 Å². The van der Waals surface area contributed by atoms with Crippen LogP contribution in [0.2, 0.25) is 0 Å². The van der Waals surface area contributed by atoms with E-state index in [1.807, 2.05) is 29.2 Å². The molecule has 17 heavy (non-hydrogen) atoms. The van der Waals surface area contributed by atoms with Gasteiger partial charge in [0, 0.05) is 19.5 Å². The molecular weight excluding hydrogens is 214 g/mol. The molecule has 0 aromatic heterocycles. The molecule has 0 unspecified atom stereocenters. The van der Waals surface area contributed by atoms with Gasteiger partial charge >= 0.3 is 0 Å². The zero-order chi connectivity index (χ0) is 12.1. The van der Waals surface area contributed by atoms with Crippen molar-refractivity contribution < 1.29 is 9.90 Å². The number of aliphatic hydroxyl groups is 1. The molecule has 3 nitrogen and oxygen atoms in total. The molecule has 0 atom stereocenters. The standard InChI is InChI=1S/C14H19NO2/c16-11-13-7-5-12(6-8-13)10-15-9-3-1-2-4-14(15)17/h5-8,16H,1-4,9-11H2. The zero-order valence-electron chi connectivity index (χ0n) is 10.1. The number of benzene rings is 1. The molecule has 0 radical (unpaired) electrons. The first-order chi connectivity index (χ1) is 8.29. The number of hydrogen-bond donors (Lipinski definition) is 1. The minimum atomic E-state index is 0.0723. The number of carbonyl (C=O) groups is 1. The van der Waals surface area contributed by atoms with E-state index in [0.717, 1.165) is 36.9 Å². The number of likely N-dealkylation sites (tertiary alicyclic amines) is 1. The van der Waals surface area contributed by atoms with Gasteiger partial charge in [-0.2, -0.15) is 0 Å². The summed E-state index contributed by atoms with van der Waals surface area (Å²) in [4.78, 5) is 13.8. The summed E-state index contributed by atoms with van der Waals surface area (Å²) in [7, 11) is 0. The van der Waals surface area contributed by atoms with Gasteiger partial charge in [-0.15, -0.1) is 0 Å². The first-order valence-corrected chi connectivity index (χ1v) is 6.26. The molecule has 1 amide bonds. The van der Waals surface area contributed by atoms with Crippen molar-refractivity contribution in [1.82, 2.24) is 4.90 Å². The maximum Gasteiger partial charge on any atom is 0.222 e. The Balaban J connectivity index is 2.00. The van der Waals surface area contributed by atoms with Gasteiger partial charge in [0.05, 0.1) is 6.61 Å². The molecule has 1 saturated heterocycles. The van der Waals surface area contributed by atoms with Crippen molar-refractivity contribution in [2.45, 2.75) is 38.8 Å². The highest BCUT2D eigenvalue weighted by Crippen LogP contribution is 2.15. The first kappa shape index (κ1) is 12.1. The van der Waals surface area contributed by atoms with E-state index in [2.05, 4.69) is 0 Å². The lowest BCUT2D eigenvalue weighted by Crippen LogP contribution is -2.29. The summed E-state index contributed by atoms with van der Waals surface area (Å²) < 4.78 is 0. The summed E-state index contributed by atoms with van der Waals surface area (Å²) in [5, 5.41) is 8.96. The molecule has 0 saturated carbocycles. The summed E-state index contributed by atoms with van der Waals surface area (Å²) in [5.74, 6) is 0.272. The monoisotopic (exact) mass is 233 g/mol. The number of rotatable bonds is 3. The predicted octanol–water partition coefficient (Wildman–Crippen LogP) is 2.08. The number of nitrogens with zero attached hydrogens (tertiary/aromatic N) is 1. The second kappa shape index (κ2) is 5.82. The van der Waals surface area contributed by atoms with Crippen LogP contribution in [0.5, 0.6) is 0 Å². The van der Waals surface area contributed by atoms with Crippen molar-refractivity contribution in [3.8, 4) is 0 Å². The van der Waals surface area contributed by atoms with E-state index in [9.17, 15) is 4.79 Å². The van der Waals surface area contributed by atoms with Crippen LogP contribution < -0.4 is 0 Å². The van der Waals surface area contributed by atoms with Crippen molar-refractivity contribution in [2.75, 3.05) is 6.54 Å². The molecule has 1 aromatic carbocycles. The highest BCUT2D eigenvalue weighted by atomic mass is 16.3. The van der Waals surface area contributed by atoms with Crippen molar-refractivity contribution in [3.05, 3.63) is 35.4 Å². The van der Waals surface area contributed by atoms with E-state index in [1.165, 1.54) is 0 Å². The third kappa shape index (κ3) is 3.30. The normalized spacial score (nSPS) is 17.0. The van der Waals surface area contributed by atoms with Crippen LogP contribution in [0.3, 0.4) is 0 Å². The molecule has 1 aromatic rings. The first-order valence-electron chi connectivity index (χ1n) is 6.26. The van der Waals surface area contributed by atoms with Gasteiger partial charge in [-0.05, 0) is 24.0 Å². The summed E-state index contributed by atoms with van der Waals surface area (Å²) >= 11 is 0. The zero-order valence-corrected chi connectivity index (χ0v) is 10.1. The molecule has 1 fully saturated rings. The molecule has 1 aliphatic heterocycles. The third-order valence-electron chi connectivity index (χ3n) is 3.25. The van der Waals surface area contributed by atoms with Gasteiger partial charge in [-0.25, -0.2) is 0 Å². The van der Waals surface area contributed by atoms with Crippen LogP contribution in [0.25, 0.3) is 0 Å². The van der Waals surface area contributed by atoms with Crippen molar-refractivity contribution in [3.63, 3.8) is 0 Å². The van der Waals surface area contributed by atoms with Gasteiger partial charge in [-0.1, -0.05) is 30.7 Å². The maximum absolute atomic E-state index is 11.8. The molecule has 3 heteroatoms. The Morgan fingerprint density at radius 3 is 2.47 bits per heavy atom. The van der Waals surface area contributed by atoms with Crippen LogP contribution in [0, 0.1) is 0 Å². The number of carbonyl (C=O) groups excluding carboxylic acids is 1. The highest BCUT2D eigenvalue weighted by molar-refractivity contribution is 5.76. The fraction of sp³-hybridized carbons (Fsp3) is 0.500. The molecule has 0 aliphatic carbocycles. The van der Waals surface area contributed by atoms with Crippen molar-refractivity contribution >= 4 is 5.91 Å². The molecule has 1 aliphatic rings. The summed E-state index contributed by atoms with van der Waals surface area (Å²) in [6.45, 7) is 1.65. The largest absolute Gasteiger partial charge is 0.392 e. The summed E-state index contributed by atoms with van der Waals surface area (Å²) in [6, 6.07) is 7.81. The Bertz CT molecular complexity index is 372. The van der Waals surface area contributed by atoms with Gasteiger partial charge in [-0.3, -0.25) is 4.79 Å². The molecule has 0 spiro atoms. The van der Waals surface area contributed by atoms with Crippen LogP contribution in [-0.4, -0.2) is 22.5 Å². The van der Waals surface area contributed by atoms with Crippen molar-refractivity contribution in [1.29, 1.82) is 0 Å². The smallest absolute Gasteiger partial charge is 0.222 e. The second-order valence-electron chi connectivity index (χ2n) is 4.60. The minimum absolute atomic E-state index is 0.0723. The summed E-state index contributed by atoms with van der Waals surface area (Å²) in [6.07, 6.45) is 3.99. The minimum Gasteiger partial charge on any atom is -0.392 e. The fourth-order valence-electron chi connectivity index (χ4n) is 2.18. The molecule has 1 heterocycles. The Labute approximate surface area is 102 Å². The number of hydrogen-bond acceptors (Lipinski definition) is 2. The van der Waals surface area contributed by atoms with E-state index in [4.69, 9.17) is 5.11 Å². The van der Waals surface area contributed by atoms with E-state index >= 15 is 0 Å². The number of amides is 1. The average molecular weight is 233 g/mol. The van der Waals surface area contributed by atoms with Gasteiger partial charge in [0.1, 0.15) is 0 Å². The van der Waals surface area contributed by atoms with E-state index in [0.29, 0.717) is 13.0 Å². The quantitative estimate of drug-likeness (QED) is 0.868. The van der Waals surface area contributed by atoms with E-state index in [-0.39, 0.29) is 12.5 Å². The van der Waals surface area contributed by atoms with Crippen LogP contribution in [0.15, 0.2) is 24.3 Å². The molecule has 92 valence electrons. The van der Waals surface area contributed by atoms with Gasteiger partial charge in [0.15, 0.2) is 0 Å². The molecule has 1 N–H and O–H groups in total. The van der Waals surface area contributed by atoms with E-state index in [1.54, 1.807) is 0 Å². The van der Waals surface area contributed by atoms with Gasteiger partial charge in [0.25, 0.3) is 0 Å². The Morgan fingerprint density at radius 2 is 1.76 bits per heavy atom. The molecular formula is C14H19NO2. The van der Waals surface area contributed by atoms with Crippen LogP contribution in [0.4, 0.5) is 0 Å². The van der Waals surface area contributed by atoms with Gasteiger partial charge in [0.2, 0.25) is 5.91 Å². The third-order valence-corrected chi connectivity index (χ3v) is 3.25.